The van der Waals surface area contributed by atoms with Crippen molar-refractivity contribution in [2.75, 3.05) is 32.6 Å². The largest absolute Gasteiger partial charge is 0.481 e. The van der Waals surface area contributed by atoms with Gasteiger partial charge in [0.1, 0.15) is 77.2 Å². The Morgan fingerprint density at radius 2 is 1.51 bits per heavy atom. The number of ketones is 1. The van der Waals surface area contributed by atoms with Gasteiger partial charge in [0.15, 0.2) is 5.78 Å². The number of benzene rings is 1. The molecule has 0 radical (unpaired) electrons. The summed E-state index contributed by atoms with van der Waals surface area (Å²) in [5.74, 6) is -2.96. The van der Waals surface area contributed by atoms with E-state index in [1.54, 1.807) is 72.0 Å². The summed E-state index contributed by atoms with van der Waals surface area (Å²) in [6.45, 7) is 9.87. The highest BCUT2D eigenvalue weighted by molar-refractivity contribution is 7.15. The molecule has 0 aliphatic carbocycles. The molecule has 420 valence electrons. The van der Waals surface area contributed by atoms with Crippen LogP contribution < -0.4 is 31.9 Å². The number of ether oxygens (including phenoxy) is 1. The number of nitrogens with zero attached hydrogens (tertiary/aromatic N) is 7. The number of carbonyl (C=O) groups excluding carboxylic acids is 5. The molecule has 8 aromatic rings. The van der Waals surface area contributed by atoms with Crippen LogP contribution in [-0.4, -0.2) is 108 Å². The number of hydrogen-bond acceptors (Lipinski definition) is 22. The van der Waals surface area contributed by atoms with Gasteiger partial charge in [-0.1, -0.05) is 50.8 Å². The fraction of sp³-hybridized carbons (Fsp3) is 0.302. The number of aryl methyl sites for hydroxylation is 1. The van der Waals surface area contributed by atoms with Crippen LogP contribution in [-0.2, 0) is 25.7 Å². The van der Waals surface area contributed by atoms with Gasteiger partial charge in [0.2, 0.25) is 11.8 Å². The van der Waals surface area contributed by atoms with E-state index >= 15 is 0 Å². The van der Waals surface area contributed by atoms with Crippen LogP contribution in [0.5, 0.6) is 0 Å². The standard InChI is InChI=1S/C53H53N13O9S6/c1-24(2)29-16-35(67)42-26(4)80-51(66-42)31(17-38(68)54-5)58-46(73)33-21-76-47(60-33)28-12-13-30(49-62-37(23-79-49)63-53(74)55-15-14-40(70)71)57-43(28)32-20-77-50(59-32)34-22-78-52(61-34)44(45(72)27-10-8-7-9-11-27)64-39(69)18-56-25(3)41-36(19-75-6)81-48(29)65-41/h7-13,20-24,29,31,44-45,56,72H,3,14-19H2,1-2,4-6H3,(H,54,68)(H,58,73)(H,64,69)(H,70,71)(H2,55,63,74)/t29-,31+,44+,45+/m1/s1. The highest BCUT2D eigenvalue weighted by Crippen LogP contribution is 2.41. The van der Waals surface area contributed by atoms with Crippen molar-refractivity contribution in [1.29, 1.82) is 0 Å². The lowest BCUT2D eigenvalue weighted by Gasteiger charge is -2.23. The van der Waals surface area contributed by atoms with Crippen molar-refractivity contribution in [1.82, 2.24) is 61.5 Å². The first kappa shape index (κ1) is 58.1. The minimum absolute atomic E-state index is 0.0410. The number of carbonyl (C=O) groups is 6. The second-order valence-corrected chi connectivity index (χ2v) is 24.4. The third kappa shape index (κ3) is 13.8. The van der Waals surface area contributed by atoms with Crippen molar-refractivity contribution in [2.24, 2.45) is 5.92 Å². The van der Waals surface area contributed by atoms with E-state index in [0.717, 1.165) is 4.88 Å². The number of nitrogens with one attached hydrogen (secondary N) is 6. The summed E-state index contributed by atoms with van der Waals surface area (Å²) in [5.41, 5.74) is 3.77. The van der Waals surface area contributed by atoms with Crippen LogP contribution >= 0.6 is 68.0 Å². The quantitative estimate of drug-likeness (QED) is 0.0567. The number of aliphatic hydroxyl groups excluding tert-OH is 1. The SMILES string of the molecule is C=C1NCC(=O)N[C@@H]([C@@H](O)c2ccccc2)c2nc(cs2)-c2nc(cs2)-c2nc(-c3nc(NC(=O)NCCC(=O)O)cs3)ccc2-c2nc(cs2)C(=O)N[C@@H](CC(=O)NC)c2nc(c(C)s2)C(=O)C[C@H](C(C)C)c2nc1c(COC)s2. The molecule has 1 aliphatic rings. The minimum atomic E-state index is -1.21. The van der Waals surface area contributed by atoms with Gasteiger partial charge < -0.3 is 41.5 Å². The first-order valence-corrected chi connectivity index (χ1v) is 30.2. The third-order valence-corrected chi connectivity index (χ3v) is 18.4. The molecule has 5 amide bonds. The van der Waals surface area contributed by atoms with Crippen molar-refractivity contribution in [3.8, 4) is 43.4 Å². The predicted octanol–water partition coefficient (Wildman–Crippen LogP) is 8.62. The Morgan fingerprint density at radius 3 is 2.26 bits per heavy atom. The Hall–Kier alpha value is -7.57. The van der Waals surface area contributed by atoms with Gasteiger partial charge in [0.25, 0.3) is 5.91 Å². The van der Waals surface area contributed by atoms with E-state index in [0.29, 0.717) is 80.2 Å². The van der Waals surface area contributed by atoms with Gasteiger partial charge in [0.05, 0.1) is 53.3 Å². The van der Waals surface area contributed by atoms with Crippen LogP contribution in [0.15, 0.2) is 70.6 Å². The summed E-state index contributed by atoms with van der Waals surface area (Å²) in [6.07, 6.45) is -1.61. The molecule has 1 aliphatic heterocycles. The normalized spacial score (nSPS) is 16.5. The van der Waals surface area contributed by atoms with Gasteiger partial charge in [-0.15, -0.1) is 68.0 Å². The van der Waals surface area contributed by atoms with Gasteiger partial charge in [-0.05, 0) is 30.5 Å². The number of amides is 5. The lowest BCUT2D eigenvalue weighted by atomic mass is 9.90. The van der Waals surface area contributed by atoms with E-state index in [-0.39, 0.29) is 79.7 Å². The van der Waals surface area contributed by atoms with Crippen LogP contribution in [0.1, 0.15) is 114 Å². The number of aliphatic carboxylic acids is 1. The summed E-state index contributed by atoms with van der Waals surface area (Å²) < 4.78 is 5.57. The highest BCUT2D eigenvalue weighted by Gasteiger charge is 2.32. The van der Waals surface area contributed by atoms with Crippen LogP contribution in [0.3, 0.4) is 0 Å². The molecule has 8 heterocycles. The average molecular weight is 1210 g/mol. The van der Waals surface area contributed by atoms with E-state index in [1.165, 1.54) is 75.1 Å². The molecule has 0 spiro atoms. The molecule has 10 bridgehead atoms. The molecule has 4 atom stereocenters. The van der Waals surface area contributed by atoms with Crippen molar-refractivity contribution in [3.63, 3.8) is 0 Å². The van der Waals surface area contributed by atoms with Gasteiger partial charge in [-0.2, -0.15) is 0 Å². The molecule has 8 N–H and O–H groups in total. The summed E-state index contributed by atoms with van der Waals surface area (Å²) in [4.78, 5) is 115. The topological polar surface area (TPSA) is 315 Å². The number of carboxylic acids is 1. The maximum atomic E-state index is 14.4. The molecule has 1 aromatic carbocycles. The van der Waals surface area contributed by atoms with E-state index in [1.807, 2.05) is 19.9 Å². The maximum Gasteiger partial charge on any atom is 0.320 e. The molecule has 28 heteroatoms. The maximum absolute atomic E-state index is 14.4. The van der Waals surface area contributed by atoms with Crippen LogP contribution in [0.2, 0.25) is 0 Å². The predicted molar refractivity (Wildman–Crippen MR) is 312 cm³/mol. The number of thiazole rings is 6. The number of fused-ring (bicyclic) bond motifs is 14. The average Bonchev–Trinajstić information content (AvgIpc) is 4.53. The molecular weight excluding hydrogens is 1160 g/mol. The Bertz CT molecular complexity index is 3640. The molecule has 9 rings (SSSR count). The van der Waals surface area contributed by atoms with Crippen molar-refractivity contribution in [2.45, 2.75) is 70.7 Å². The molecule has 0 fully saturated rings. The smallest absolute Gasteiger partial charge is 0.320 e. The summed E-state index contributed by atoms with van der Waals surface area (Å²) >= 11 is 7.49. The number of hydrogen-bond donors (Lipinski definition) is 8. The third-order valence-electron chi connectivity index (χ3n) is 12.6. The number of Topliss-reactive ketones (excluding diaryl/α,β-unsaturated/α-hetero) is 1. The number of pyridine rings is 1. The number of rotatable bonds is 12. The Balaban J connectivity index is 1.12. The molecule has 7 aromatic heterocycles. The number of anilines is 1. The Labute approximate surface area is 487 Å². The van der Waals surface area contributed by atoms with Gasteiger partial charge in [-0.25, -0.2) is 39.7 Å². The first-order chi connectivity index (χ1) is 39.0. The van der Waals surface area contributed by atoms with Gasteiger partial charge >= 0.3 is 12.0 Å². The number of urea groups is 1. The van der Waals surface area contributed by atoms with Crippen LogP contribution in [0.4, 0.5) is 10.6 Å². The van der Waals surface area contributed by atoms with Crippen molar-refractivity contribution >= 4 is 115 Å². The molecule has 0 unspecified atom stereocenters. The van der Waals surface area contributed by atoms with Crippen LogP contribution in [0.25, 0.3) is 49.1 Å². The molecule has 0 saturated heterocycles. The Kier molecular flexibility index (Phi) is 18.6. The Morgan fingerprint density at radius 1 is 0.790 bits per heavy atom. The fourth-order valence-electron chi connectivity index (χ4n) is 8.42. The lowest BCUT2D eigenvalue weighted by molar-refractivity contribution is -0.136. The zero-order valence-electron chi connectivity index (χ0n) is 44.0. The molecule has 0 saturated carbocycles. The molecule has 22 nitrogen and oxygen atoms in total. The van der Waals surface area contributed by atoms with Crippen LogP contribution in [0, 0.1) is 12.8 Å². The first-order valence-electron chi connectivity index (χ1n) is 25.0. The van der Waals surface area contributed by atoms with E-state index in [2.05, 4.69) is 43.5 Å². The van der Waals surface area contributed by atoms with E-state index in [9.17, 15) is 33.9 Å². The number of methoxy groups -OCH3 is 1. The summed E-state index contributed by atoms with van der Waals surface area (Å²) in [6, 6.07) is 9.84. The zero-order valence-corrected chi connectivity index (χ0v) is 48.9. The molecular formula is C53H53N13O9S6. The lowest BCUT2D eigenvalue weighted by Crippen LogP contribution is -2.38. The van der Waals surface area contributed by atoms with E-state index in [4.69, 9.17) is 39.7 Å². The fourth-order valence-corrected chi connectivity index (χ4v) is 14.0. The van der Waals surface area contributed by atoms with Crippen molar-refractivity contribution < 1.29 is 43.7 Å². The van der Waals surface area contributed by atoms with Gasteiger partial charge in [0, 0.05) is 65.0 Å². The highest BCUT2D eigenvalue weighted by atomic mass is 32.1. The van der Waals surface area contributed by atoms with E-state index < -0.39 is 42.0 Å². The number of aliphatic hydroxyl groups is 1. The van der Waals surface area contributed by atoms with Gasteiger partial charge in [-0.3, -0.25) is 29.3 Å². The summed E-state index contributed by atoms with van der Waals surface area (Å²) in [5, 5.41) is 47.2. The minimum Gasteiger partial charge on any atom is -0.481 e. The zero-order chi connectivity index (χ0) is 57.5. The number of carboxylic acid groups (broad SMARTS) is 1. The number of aromatic nitrogens is 7. The monoisotopic (exact) mass is 1210 g/mol. The second-order valence-electron chi connectivity index (χ2n) is 18.6. The van der Waals surface area contributed by atoms with Crippen molar-refractivity contribution in [3.05, 3.63) is 118 Å². The summed E-state index contributed by atoms with van der Waals surface area (Å²) in [7, 11) is 3.05. The second kappa shape index (κ2) is 25.9. The molecule has 81 heavy (non-hydrogen) atoms.